The topological polar surface area (TPSA) is 106 Å². The van der Waals surface area contributed by atoms with Crippen molar-refractivity contribution in [1.82, 2.24) is 20.2 Å². The molecular formula is C25H32ClN5O4. The number of aryl methyl sites for hydroxylation is 1. The molecule has 1 aromatic carbocycles. The maximum Gasteiger partial charge on any atom is 0.341 e. The van der Waals surface area contributed by atoms with E-state index in [4.69, 9.17) is 16.3 Å². The third kappa shape index (κ3) is 5.61. The lowest BCUT2D eigenvalue weighted by molar-refractivity contribution is -0.124. The van der Waals surface area contributed by atoms with Gasteiger partial charge >= 0.3 is 5.97 Å². The predicted molar refractivity (Wildman–Crippen MR) is 133 cm³/mol. The van der Waals surface area contributed by atoms with Crippen molar-refractivity contribution in [2.45, 2.75) is 51.1 Å². The van der Waals surface area contributed by atoms with Gasteiger partial charge in [-0.15, -0.1) is 0 Å². The number of rotatable bonds is 9. The third-order valence-electron chi connectivity index (χ3n) is 6.77. The Morgan fingerprint density at radius 1 is 1.23 bits per heavy atom. The van der Waals surface area contributed by atoms with E-state index in [0.717, 1.165) is 44.6 Å². The Kier molecular flexibility index (Phi) is 7.64. The van der Waals surface area contributed by atoms with E-state index in [2.05, 4.69) is 27.4 Å². The summed E-state index contributed by atoms with van der Waals surface area (Å²) in [5.41, 5.74) is 0.655. The normalized spacial score (nSPS) is 17.1. The first-order chi connectivity index (χ1) is 16.9. The Hall–Kier alpha value is -3.07. The average molecular weight is 502 g/mol. The highest BCUT2D eigenvalue weighted by Crippen LogP contribution is 2.36. The van der Waals surface area contributed by atoms with Crippen LogP contribution in [-0.2, 0) is 16.1 Å². The van der Waals surface area contributed by atoms with Gasteiger partial charge < -0.3 is 24.8 Å². The fraction of sp³-hybridized carbons (Fsp3) is 0.520. The van der Waals surface area contributed by atoms with Crippen molar-refractivity contribution >= 4 is 35.1 Å². The third-order valence-corrected chi connectivity index (χ3v) is 7.09. The first kappa shape index (κ1) is 25.0. The number of methoxy groups -OCH3 is 1. The Labute approximate surface area is 210 Å². The number of ether oxygens (including phenoxy) is 1. The van der Waals surface area contributed by atoms with Crippen LogP contribution >= 0.6 is 11.6 Å². The summed E-state index contributed by atoms with van der Waals surface area (Å²) in [6.45, 7) is 4.89. The van der Waals surface area contributed by atoms with Crippen LogP contribution in [0.1, 0.15) is 59.9 Å². The number of carbonyl (C=O) groups excluding carboxylic acids is 3. The SMILES string of the molecule is CCCn1cnc(C(=O)NC2(C(=O)NCC3CCN(c4cccc(Cl)c4C(=O)OC)CC3)CC2)c1. The zero-order chi connectivity index (χ0) is 25.0. The fourth-order valence-electron chi connectivity index (χ4n) is 4.54. The maximum absolute atomic E-state index is 12.9. The number of imidazole rings is 1. The molecule has 2 amide bonds. The predicted octanol–water partition coefficient (Wildman–Crippen LogP) is 3.03. The molecule has 1 saturated carbocycles. The van der Waals surface area contributed by atoms with Crippen LogP contribution in [0.3, 0.4) is 0 Å². The van der Waals surface area contributed by atoms with Crippen molar-refractivity contribution in [1.29, 1.82) is 0 Å². The number of piperidine rings is 1. The van der Waals surface area contributed by atoms with E-state index in [0.29, 0.717) is 41.6 Å². The molecule has 35 heavy (non-hydrogen) atoms. The van der Waals surface area contributed by atoms with Gasteiger partial charge in [0.15, 0.2) is 0 Å². The Balaban J connectivity index is 1.28. The van der Waals surface area contributed by atoms with Gasteiger partial charge in [-0.05, 0) is 50.2 Å². The number of anilines is 1. The van der Waals surface area contributed by atoms with Gasteiger partial charge in [-0.3, -0.25) is 9.59 Å². The van der Waals surface area contributed by atoms with Gasteiger partial charge in [-0.25, -0.2) is 9.78 Å². The maximum atomic E-state index is 12.9. The first-order valence-corrected chi connectivity index (χ1v) is 12.5. The number of benzene rings is 1. The van der Waals surface area contributed by atoms with Crippen molar-refractivity contribution in [3.8, 4) is 0 Å². The summed E-state index contributed by atoms with van der Waals surface area (Å²) in [4.78, 5) is 44.0. The number of carbonyl (C=O) groups is 3. The molecule has 2 fully saturated rings. The number of esters is 1. The van der Waals surface area contributed by atoms with E-state index in [1.54, 1.807) is 18.6 Å². The monoisotopic (exact) mass is 501 g/mol. The van der Waals surface area contributed by atoms with Gasteiger partial charge in [0, 0.05) is 32.4 Å². The van der Waals surface area contributed by atoms with E-state index in [1.165, 1.54) is 7.11 Å². The molecule has 188 valence electrons. The van der Waals surface area contributed by atoms with Gasteiger partial charge in [0.1, 0.15) is 16.8 Å². The summed E-state index contributed by atoms with van der Waals surface area (Å²) in [6, 6.07) is 5.39. The molecule has 2 heterocycles. The molecule has 1 saturated heterocycles. The zero-order valence-electron chi connectivity index (χ0n) is 20.2. The molecule has 0 atom stereocenters. The summed E-state index contributed by atoms with van der Waals surface area (Å²) in [5, 5.41) is 6.31. The molecule has 10 heteroatoms. The summed E-state index contributed by atoms with van der Waals surface area (Å²) >= 11 is 6.26. The van der Waals surface area contributed by atoms with E-state index >= 15 is 0 Å². The summed E-state index contributed by atoms with van der Waals surface area (Å²) in [6.07, 6.45) is 7.29. The van der Waals surface area contributed by atoms with Crippen LogP contribution in [0.4, 0.5) is 5.69 Å². The van der Waals surface area contributed by atoms with E-state index < -0.39 is 11.5 Å². The van der Waals surface area contributed by atoms with E-state index in [9.17, 15) is 14.4 Å². The Morgan fingerprint density at radius 2 is 1.97 bits per heavy atom. The number of hydrogen-bond donors (Lipinski definition) is 2. The van der Waals surface area contributed by atoms with Crippen LogP contribution in [0.15, 0.2) is 30.7 Å². The molecule has 1 aromatic heterocycles. The summed E-state index contributed by atoms with van der Waals surface area (Å²) in [5.74, 6) is -0.589. The van der Waals surface area contributed by atoms with Gasteiger partial charge in [0.25, 0.3) is 5.91 Å². The minimum atomic E-state index is -0.831. The lowest BCUT2D eigenvalue weighted by Crippen LogP contribution is -2.50. The molecule has 0 unspecified atom stereocenters. The number of amides is 2. The largest absolute Gasteiger partial charge is 0.465 e. The number of nitrogens with one attached hydrogen (secondary N) is 2. The van der Waals surface area contributed by atoms with E-state index in [-0.39, 0.29) is 11.8 Å². The second-order valence-electron chi connectivity index (χ2n) is 9.30. The van der Waals surface area contributed by atoms with Crippen molar-refractivity contribution in [3.63, 3.8) is 0 Å². The second-order valence-corrected chi connectivity index (χ2v) is 9.71. The van der Waals surface area contributed by atoms with Gasteiger partial charge in [-0.2, -0.15) is 0 Å². The number of aromatic nitrogens is 2. The molecule has 4 rings (SSSR count). The molecule has 2 N–H and O–H groups in total. The Bertz CT molecular complexity index is 1090. The smallest absolute Gasteiger partial charge is 0.341 e. The van der Waals surface area contributed by atoms with Crippen molar-refractivity contribution in [2.24, 2.45) is 5.92 Å². The average Bonchev–Trinajstić information content (AvgIpc) is 3.49. The molecule has 0 spiro atoms. The van der Waals surface area contributed by atoms with Crippen molar-refractivity contribution < 1.29 is 19.1 Å². The van der Waals surface area contributed by atoms with Crippen molar-refractivity contribution in [3.05, 3.63) is 47.0 Å². The highest BCUT2D eigenvalue weighted by molar-refractivity contribution is 6.34. The molecule has 2 aliphatic rings. The van der Waals surface area contributed by atoms with Crippen molar-refractivity contribution in [2.75, 3.05) is 31.6 Å². The quantitative estimate of drug-likeness (QED) is 0.512. The minimum absolute atomic E-state index is 0.135. The molecular weight excluding hydrogens is 470 g/mol. The van der Waals surface area contributed by atoms with Crippen LogP contribution in [0.2, 0.25) is 5.02 Å². The zero-order valence-corrected chi connectivity index (χ0v) is 20.9. The molecule has 1 aliphatic heterocycles. The highest BCUT2D eigenvalue weighted by atomic mass is 35.5. The Morgan fingerprint density at radius 3 is 2.63 bits per heavy atom. The number of halogens is 1. The minimum Gasteiger partial charge on any atom is -0.465 e. The van der Waals surface area contributed by atoms with E-state index in [1.807, 2.05) is 16.7 Å². The van der Waals surface area contributed by atoms with Gasteiger partial charge in [-0.1, -0.05) is 24.6 Å². The summed E-state index contributed by atoms with van der Waals surface area (Å²) < 4.78 is 6.78. The fourth-order valence-corrected chi connectivity index (χ4v) is 4.78. The van der Waals surface area contributed by atoms with Crippen LogP contribution in [0, 0.1) is 5.92 Å². The number of hydrogen-bond acceptors (Lipinski definition) is 6. The highest BCUT2D eigenvalue weighted by Gasteiger charge is 2.51. The molecule has 0 radical (unpaired) electrons. The lowest BCUT2D eigenvalue weighted by atomic mass is 9.95. The van der Waals surface area contributed by atoms with Crippen LogP contribution in [0.25, 0.3) is 0 Å². The van der Waals surface area contributed by atoms with Gasteiger partial charge in [0.05, 0.1) is 24.1 Å². The standard InChI is InChI=1S/C25H32ClN5O4/c1-3-11-30-15-19(28-16-30)22(32)29-25(9-10-25)24(34)27-14-17-7-12-31(13-8-17)20-6-4-5-18(26)21(20)23(33)35-2/h4-6,15-17H,3,7-14H2,1-2H3,(H,27,34)(H,29,32). The first-order valence-electron chi connectivity index (χ1n) is 12.1. The second kappa shape index (κ2) is 10.7. The molecule has 0 bridgehead atoms. The molecule has 9 nitrogen and oxygen atoms in total. The molecule has 2 aromatic rings. The summed E-state index contributed by atoms with van der Waals surface area (Å²) in [7, 11) is 1.35. The number of nitrogens with zero attached hydrogens (tertiary/aromatic N) is 3. The van der Waals surface area contributed by atoms with Crippen LogP contribution < -0.4 is 15.5 Å². The van der Waals surface area contributed by atoms with Crippen LogP contribution in [-0.4, -0.2) is 59.6 Å². The lowest BCUT2D eigenvalue weighted by Gasteiger charge is -2.35. The van der Waals surface area contributed by atoms with Crippen LogP contribution in [0.5, 0.6) is 0 Å². The molecule has 1 aliphatic carbocycles. The van der Waals surface area contributed by atoms with Gasteiger partial charge in [0.2, 0.25) is 5.91 Å².